The maximum Gasteiger partial charge on any atom is 0.261 e. The fraction of sp³-hybridized carbons (Fsp3) is 0.0588. The first kappa shape index (κ1) is 13.9. The number of carbonyl (C=O) groups is 1. The number of amides is 1. The van der Waals surface area contributed by atoms with Crippen molar-refractivity contribution in [2.75, 3.05) is 11.1 Å². The average Bonchev–Trinajstić information content (AvgIpc) is 2.49. The highest BCUT2D eigenvalue weighted by atomic mass is 16.2. The zero-order valence-corrected chi connectivity index (χ0v) is 12.0. The Labute approximate surface area is 126 Å². The smallest absolute Gasteiger partial charge is 0.261 e. The number of nitrogens with one attached hydrogen (secondary N) is 2. The first-order valence-electron chi connectivity index (χ1n) is 6.84. The van der Waals surface area contributed by atoms with Crippen LogP contribution in [0.3, 0.4) is 0 Å². The molecule has 0 aliphatic carbocycles. The number of pyridine rings is 1. The van der Waals surface area contributed by atoms with Gasteiger partial charge in [-0.25, -0.2) is 0 Å². The van der Waals surface area contributed by atoms with Crippen molar-refractivity contribution in [1.29, 1.82) is 0 Å². The van der Waals surface area contributed by atoms with Gasteiger partial charge in [-0.1, -0.05) is 23.8 Å². The molecule has 0 atom stereocenters. The van der Waals surface area contributed by atoms with Crippen LogP contribution < -0.4 is 16.6 Å². The molecule has 22 heavy (non-hydrogen) atoms. The monoisotopic (exact) mass is 293 g/mol. The summed E-state index contributed by atoms with van der Waals surface area (Å²) in [6.45, 7) is 1.96. The molecule has 0 unspecified atom stereocenters. The van der Waals surface area contributed by atoms with Gasteiger partial charge in [0, 0.05) is 16.8 Å². The van der Waals surface area contributed by atoms with Gasteiger partial charge in [0.2, 0.25) is 0 Å². The number of aromatic nitrogens is 1. The number of aromatic amines is 1. The standard InChI is InChI=1S/C17H15N3O2/c1-10-5-7-11(8-6-10)19-16(21)13-9-12-14(18)3-2-4-15(12)20-17(13)22/h2-9H,18H2,1H3,(H,19,21)(H,20,22). The molecule has 5 heteroatoms. The third kappa shape index (κ3) is 2.56. The van der Waals surface area contributed by atoms with E-state index in [4.69, 9.17) is 5.73 Å². The summed E-state index contributed by atoms with van der Waals surface area (Å²) in [7, 11) is 0. The lowest BCUT2D eigenvalue weighted by Gasteiger charge is -2.07. The molecular formula is C17H15N3O2. The van der Waals surface area contributed by atoms with E-state index in [1.807, 2.05) is 19.1 Å². The van der Waals surface area contributed by atoms with Crippen molar-refractivity contribution in [3.63, 3.8) is 0 Å². The Hall–Kier alpha value is -3.08. The number of nitrogens with two attached hydrogens (primary N) is 1. The Morgan fingerprint density at radius 1 is 1.14 bits per heavy atom. The number of anilines is 2. The maximum atomic E-state index is 12.3. The topological polar surface area (TPSA) is 88.0 Å². The molecule has 0 saturated heterocycles. The quantitative estimate of drug-likeness (QED) is 0.635. The predicted octanol–water partition coefficient (Wildman–Crippen LogP) is 2.67. The number of benzene rings is 2. The molecule has 0 fully saturated rings. The summed E-state index contributed by atoms with van der Waals surface area (Å²) in [6.07, 6.45) is 0. The van der Waals surface area contributed by atoms with E-state index in [-0.39, 0.29) is 5.56 Å². The van der Waals surface area contributed by atoms with Gasteiger partial charge in [-0.15, -0.1) is 0 Å². The summed E-state index contributed by atoms with van der Waals surface area (Å²) < 4.78 is 0. The minimum Gasteiger partial charge on any atom is -0.398 e. The van der Waals surface area contributed by atoms with Crippen molar-refractivity contribution < 1.29 is 4.79 Å². The highest BCUT2D eigenvalue weighted by Crippen LogP contribution is 2.19. The summed E-state index contributed by atoms with van der Waals surface area (Å²) in [6, 6.07) is 14.1. The fourth-order valence-electron chi connectivity index (χ4n) is 2.26. The molecule has 3 rings (SSSR count). The molecule has 110 valence electrons. The minimum absolute atomic E-state index is 0.0333. The summed E-state index contributed by atoms with van der Waals surface area (Å²) in [5, 5.41) is 3.36. The molecule has 1 amide bonds. The lowest BCUT2D eigenvalue weighted by molar-refractivity contribution is 0.102. The Balaban J connectivity index is 2.00. The molecule has 0 saturated carbocycles. The lowest BCUT2D eigenvalue weighted by atomic mass is 10.1. The Kier molecular flexibility index (Phi) is 3.39. The molecule has 0 radical (unpaired) electrons. The molecule has 0 aliphatic rings. The molecular weight excluding hydrogens is 278 g/mol. The normalized spacial score (nSPS) is 10.6. The van der Waals surface area contributed by atoms with E-state index in [9.17, 15) is 9.59 Å². The minimum atomic E-state index is -0.463. The van der Waals surface area contributed by atoms with Gasteiger partial charge in [0.05, 0.1) is 5.52 Å². The molecule has 5 nitrogen and oxygen atoms in total. The number of hydrogen-bond acceptors (Lipinski definition) is 3. The lowest BCUT2D eigenvalue weighted by Crippen LogP contribution is -2.23. The van der Waals surface area contributed by atoms with Gasteiger partial charge in [0.1, 0.15) is 5.56 Å². The van der Waals surface area contributed by atoms with Crippen LogP contribution in [0.5, 0.6) is 0 Å². The van der Waals surface area contributed by atoms with Gasteiger partial charge in [0.15, 0.2) is 0 Å². The Morgan fingerprint density at radius 3 is 2.59 bits per heavy atom. The van der Waals surface area contributed by atoms with Gasteiger partial charge in [0.25, 0.3) is 11.5 Å². The Morgan fingerprint density at radius 2 is 1.86 bits per heavy atom. The summed E-state index contributed by atoms with van der Waals surface area (Å²) in [4.78, 5) is 27.1. The van der Waals surface area contributed by atoms with E-state index in [1.54, 1.807) is 30.3 Å². The van der Waals surface area contributed by atoms with Crippen molar-refractivity contribution in [2.45, 2.75) is 6.92 Å². The van der Waals surface area contributed by atoms with Gasteiger partial charge >= 0.3 is 0 Å². The van der Waals surface area contributed by atoms with Crippen LogP contribution in [0.25, 0.3) is 10.9 Å². The van der Waals surface area contributed by atoms with Crippen LogP contribution >= 0.6 is 0 Å². The number of aryl methyl sites for hydroxylation is 1. The highest BCUT2D eigenvalue weighted by Gasteiger charge is 2.13. The van der Waals surface area contributed by atoms with Crippen molar-refractivity contribution in [3.8, 4) is 0 Å². The maximum absolute atomic E-state index is 12.3. The van der Waals surface area contributed by atoms with Crippen LogP contribution in [0.2, 0.25) is 0 Å². The molecule has 3 aromatic rings. The summed E-state index contributed by atoms with van der Waals surface area (Å²) in [5.41, 5.74) is 8.33. The second-order valence-electron chi connectivity index (χ2n) is 5.14. The first-order valence-corrected chi connectivity index (χ1v) is 6.84. The van der Waals surface area contributed by atoms with E-state index in [0.717, 1.165) is 5.56 Å². The third-order valence-electron chi connectivity index (χ3n) is 3.48. The zero-order chi connectivity index (χ0) is 15.7. The largest absolute Gasteiger partial charge is 0.398 e. The van der Waals surface area contributed by atoms with Crippen molar-refractivity contribution in [2.24, 2.45) is 0 Å². The average molecular weight is 293 g/mol. The van der Waals surface area contributed by atoms with Crippen LogP contribution in [0, 0.1) is 6.92 Å². The number of rotatable bonds is 2. The van der Waals surface area contributed by atoms with Gasteiger partial charge in [-0.2, -0.15) is 0 Å². The van der Waals surface area contributed by atoms with Crippen molar-refractivity contribution >= 4 is 28.2 Å². The first-order chi connectivity index (χ1) is 10.5. The van der Waals surface area contributed by atoms with E-state index in [1.165, 1.54) is 6.07 Å². The predicted molar refractivity (Wildman–Crippen MR) is 88.1 cm³/mol. The van der Waals surface area contributed by atoms with Crippen LogP contribution in [0.15, 0.2) is 53.3 Å². The van der Waals surface area contributed by atoms with Crippen LogP contribution in [-0.4, -0.2) is 10.9 Å². The number of nitrogen functional groups attached to an aromatic ring is 1. The van der Waals surface area contributed by atoms with E-state index in [0.29, 0.717) is 22.3 Å². The molecule has 4 N–H and O–H groups in total. The van der Waals surface area contributed by atoms with Gasteiger partial charge < -0.3 is 16.0 Å². The number of carbonyl (C=O) groups excluding carboxylic acids is 1. The molecule has 2 aromatic carbocycles. The number of hydrogen-bond donors (Lipinski definition) is 3. The molecule has 0 bridgehead atoms. The SMILES string of the molecule is Cc1ccc(NC(=O)c2cc3c(N)cccc3[nH]c2=O)cc1. The number of fused-ring (bicyclic) bond motifs is 1. The zero-order valence-electron chi connectivity index (χ0n) is 12.0. The summed E-state index contributed by atoms with van der Waals surface area (Å²) in [5.74, 6) is -0.463. The number of H-pyrrole nitrogens is 1. The van der Waals surface area contributed by atoms with Crippen LogP contribution in [0.1, 0.15) is 15.9 Å². The second-order valence-corrected chi connectivity index (χ2v) is 5.14. The third-order valence-corrected chi connectivity index (χ3v) is 3.48. The van der Waals surface area contributed by atoms with Crippen LogP contribution in [-0.2, 0) is 0 Å². The fourth-order valence-corrected chi connectivity index (χ4v) is 2.26. The van der Waals surface area contributed by atoms with Gasteiger partial charge in [-0.3, -0.25) is 9.59 Å². The van der Waals surface area contributed by atoms with E-state index in [2.05, 4.69) is 10.3 Å². The van der Waals surface area contributed by atoms with E-state index >= 15 is 0 Å². The van der Waals surface area contributed by atoms with E-state index < -0.39 is 11.5 Å². The molecule has 0 aliphatic heterocycles. The van der Waals surface area contributed by atoms with Crippen molar-refractivity contribution in [3.05, 3.63) is 70.0 Å². The van der Waals surface area contributed by atoms with Gasteiger partial charge in [-0.05, 0) is 37.3 Å². The Bertz CT molecular complexity index is 911. The highest BCUT2D eigenvalue weighted by molar-refractivity contribution is 6.06. The van der Waals surface area contributed by atoms with Crippen LogP contribution in [0.4, 0.5) is 11.4 Å². The van der Waals surface area contributed by atoms with Crippen molar-refractivity contribution in [1.82, 2.24) is 4.98 Å². The molecule has 1 aromatic heterocycles. The second kappa shape index (κ2) is 5.37. The molecule has 1 heterocycles. The molecule has 0 spiro atoms. The summed E-state index contributed by atoms with van der Waals surface area (Å²) >= 11 is 0.